The van der Waals surface area contributed by atoms with Crippen LogP contribution < -0.4 is 4.74 Å². The molecule has 0 amide bonds. The fourth-order valence-electron chi connectivity index (χ4n) is 5.30. The lowest BCUT2D eigenvalue weighted by atomic mass is 9.76. The molecule has 0 aliphatic heterocycles. The molecule has 0 heterocycles. The lowest BCUT2D eigenvalue weighted by molar-refractivity contribution is 0.299. The Hall–Kier alpha value is -2.87. The summed E-state index contributed by atoms with van der Waals surface area (Å²) >= 11 is 0. The first-order valence-electron chi connectivity index (χ1n) is 13.5. The minimum absolute atomic E-state index is 0.0450. The highest BCUT2D eigenvalue weighted by atomic mass is 19.1. The third-order valence-electron chi connectivity index (χ3n) is 7.41. The van der Waals surface area contributed by atoms with E-state index in [1.54, 1.807) is 6.07 Å². The average molecular weight is 471 g/mol. The van der Waals surface area contributed by atoms with Crippen LogP contribution in [-0.4, -0.2) is 6.61 Å². The quantitative estimate of drug-likeness (QED) is 0.212. The smallest absolute Gasteiger partial charge is 0.127 e. The van der Waals surface area contributed by atoms with Gasteiger partial charge < -0.3 is 4.74 Å². The zero-order valence-corrected chi connectivity index (χ0v) is 21.3. The molecule has 0 atom stereocenters. The SMILES string of the molecule is CCCCC[C@H]1CC[C@H](c2ccc(-c3ccc(C=Cc4ccc(OCC)cc4)cc3)cc2F)CC1. The summed E-state index contributed by atoms with van der Waals surface area (Å²) in [5, 5.41) is 0. The average Bonchev–Trinajstić information content (AvgIpc) is 2.89. The molecule has 0 N–H and O–H groups in total. The predicted octanol–water partition coefficient (Wildman–Crippen LogP) is 9.92. The summed E-state index contributed by atoms with van der Waals surface area (Å²) in [6.07, 6.45) is 14.3. The lowest BCUT2D eigenvalue weighted by Gasteiger charge is -2.29. The first kappa shape index (κ1) is 25.2. The van der Waals surface area contributed by atoms with Crippen LogP contribution >= 0.6 is 0 Å². The van der Waals surface area contributed by atoms with Crippen LogP contribution in [0.25, 0.3) is 23.3 Å². The van der Waals surface area contributed by atoms with Crippen LogP contribution in [0, 0.1) is 11.7 Å². The molecule has 0 bridgehead atoms. The fourth-order valence-corrected chi connectivity index (χ4v) is 5.30. The van der Waals surface area contributed by atoms with E-state index in [-0.39, 0.29) is 5.82 Å². The van der Waals surface area contributed by atoms with E-state index >= 15 is 4.39 Å². The van der Waals surface area contributed by atoms with Gasteiger partial charge in [-0.3, -0.25) is 0 Å². The third kappa shape index (κ3) is 7.07. The Balaban J connectivity index is 1.35. The monoisotopic (exact) mass is 470 g/mol. The van der Waals surface area contributed by atoms with Gasteiger partial charge in [0.05, 0.1) is 6.61 Å². The minimum atomic E-state index is -0.0450. The van der Waals surface area contributed by atoms with Gasteiger partial charge in [0.25, 0.3) is 0 Å². The fraction of sp³-hybridized carbons (Fsp3) is 0.394. The molecular formula is C33H39FO. The molecule has 0 unspecified atom stereocenters. The molecule has 1 saturated carbocycles. The highest BCUT2D eigenvalue weighted by Crippen LogP contribution is 2.39. The summed E-state index contributed by atoms with van der Waals surface area (Å²) in [5.74, 6) is 2.07. The van der Waals surface area contributed by atoms with E-state index in [0.717, 1.165) is 52.3 Å². The standard InChI is InChI=1S/C33H39FO/c1-3-5-6-7-25-12-18-29(19-13-25)32-23-20-30(24-33(32)34)28-16-10-26(11-17-28)8-9-27-14-21-31(22-15-27)35-4-2/h8-11,14-17,20-25,29H,3-7,12-13,18-19H2,1-2H3/t25-,29-. The number of hydrogen-bond acceptors (Lipinski definition) is 1. The summed E-state index contributed by atoms with van der Waals surface area (Å²) in [6.45, 7) is 4.93. The second-order valence-electron chi connectivity index (χ2n) is 9.91. The number of halogens is 1. The highest BCUT2D eigenvalue weighted by Gasteiger charge is 2.24. The van der Waals surface area contributed by atoms with Crippen molar-refractivity contribution < 1.29 is 9.13 Å². The summed E-state index contributed by atoms with van der Waals surface area (Å²) < 4.78 is 20.6. The summed E-state index contributed by atoms with van der Waals surface area (Å²) in [6, 6.07) is 22.3. The normalized spacial score (nSPS) is 18.1. The number of benzene rings is 3. The van der Waals surface area contributed by atoms with E-state index in [1.807, 2.05) is 25.1 Å². The first-order chi connectivity index (χ1) is 17.2. The van der Waals surface area contributed by atoms with Crippen LogP contribution in [-0.2, 0) is 0 Å². The summed E-state index contributed by atoms with van der Waals surface area (Å²) in [4.78, 5) is 0. The maximum atomic E-state index is 15.1. The van der Waals surface area contributed by atoms with Gasteiger partial charge in [0, 0.05) is 0 Å². The van der Waals surface area contributed by atoms with Crippen molar-refractivity contribution in [3.05, 3.63) is 89.2 Å². The molecular weight excluding hydrogens is 431 g/mol. The summed E-state index contributed by atoms with van der Waals surface area (Å²) in [5.41, 5.74) is 5.16. The van der Waals surface area contributed by atoms with Gasteiger partial charge >= 0.3 is 0 Å². The molecule has 35 heavy (non-hydrogen) atoms. The van der Waals surface area contributed by atoms with Crippen molar-refractivity contribution in [2.24, 2.45) is 5.92 Å². The molecule has 4 rings (SSSR count). The molecule has 3 aromatic rings. The van der Waals surface area contributed by atoms with Gasteiger partial charge in [-0.15, -0.1) is 0 Å². The van der Waals surface area contributed by atoms with Gasteiger partial charge in [0.1, 0.15) is 11.6 Å². The second-order valence-corrected chi connectivity index (χ2v) is 9.91. The first-order valence-corrected chi connectivity index (χ1v) is 13.5. The molecule has 1 nitrogen and oxygen atoms in total. The van der Waals surface area contributed by atoms with Crippen LogP contribution in [0.4, 0.5) is 4.39 Å². The Labute approximate surface area is 211 Å². The van der Waals surface area contributed by atoms with Crippen molar-refractivity contribution in [2.45, 2.75) is 71.1 Å². The Morgan fingerprint density at radius 1 is 0.771 bits per heavy atom. The third-order valence-corrected chi connectivity index (χ3v) is 7.41. The van der Waals surface area contributed by atoms with Gasteiger partial charge in [-0.2, -0.15) is 0 Å². The highest BCUT2D eigenvalue weighted by molar-refractivity contribution is 5.72. The van der Waals surface area contributed by atoms with Crippen molar-refractivity contribution >= 4 is 12.2 Å². The molecule has 0 aromatic heterocycles. The van der Waals surface area contributed by atoms with E-state index in [4.69, 9.17) is 4.74 Å². The molecule has 2 heteroatoms. The lowest BCUT2D eigenvalue weighted by Crippen LogP contribution is -2.14. The topological polar surface area (TPSA) is 9.23 Å². The van der Waals surface area contributed by atoms with Crippen LogP contribution in [0.3, 0.4) is 0 Å². The van der Waals surface area contributed by atoms with Crippen molar-refractivity contribution in [3.63, 3.8) is 0 Å². The van der Waals surface area contributed by atoms with Gasteiger partial charge in [0.2, 0.25) is 0 Å². The van der Waals surface area contributed by atoms with Crippen molar-refractivity contribution in [1.82, 2.24) is 0 Å². The number of unbranched alkanes of at least 4 members (excludes halogenated alkanes) is 2. The number of hydrogen-bond donors (Lipinski definition) is 0. The van der Waals surface area contributed by atoms with Crippen LogP contribution in [0.2, 0.25) is 0 Å². The Bertz CT molecular complexity index is 1070. The Morgan fingerprint density at radius 3 is 2.00 bits per heavy atom. The van der Waals surface area contributed by atoms with E-state index in [9.17, 15) is 0 Å². The molecule has 184 valence electrons. The maximum Gasteiger partial charge on any atom is 0.127 e. The van der Waals surface area contributed by atoms with Crippen molar-refractivity contribution in [2.75, 3.05) is 6.61 Å². The van der Waals surface area contributed by atoms with Crippen molar-refractivity contribution in [3.8, 4) is 16.9 Å². The zero-order valence-electron chi connectivity index (χ0n) is 21.3. The molecule has 1 fully saturated rings. The van der Waals surface area contributed by atoms with E-state index < -0.39 is 0 Å². The van der Waals surface area contributed by atoms with Crippen LogP contribution in [0.5, 0.6) is 5.75 Å². The van der Waals surface area contributed by atoms with Gasteiger partial charge in [-0.1, -0.05) is 93.3 Å². The number of ether oxygens (including phenoxy) is 1. The van der Waals surface area contributed by atoms with Gasteiger partial charge in [-0.25, -0.2) is 4.39 Å². The van der Waals surface area contributed by atoms with E-state index in [1.165, 1.54) is 38.5 Å². The molecule has 1 aliphatic rings. The van der Waals surface area contributed by atoms with Gasteiger partial charge in [-0.05, 0) is 90.5 Å². The molecule has 1 aliphatic carbocycles. The molecule has 0 saturated heterocycles. The molecule has 0 spiro atoms. The zero-order chi connectivity index (χ0) is 24.5. The second kappa shape index (κ2) is 12.7. The minimum Gasteiger partial charge on any atom is -0.494 e. The number of rotatable bonds is 10. The van der Waals surface area contributed by atoms with Crippen LogP contribution in [0.15, 0.2) is 66.7 Å². The largest absolute Gasteiger partial charge is 0.494 e. The molecule has 0 radical (unpaired) electrons. The Kier molecular flexibility index (Phi) is 9.17. The van der Waals surface area contributed by atoms with E-state index in [2.05, 4.69) is 61.5 Å². The Morgan fingerprint density at radius 2 is 1.40 bits per heavy atom. The summed E-state index contributed by atoms with van der Waals surface area (Å²) in [7, 11) is 0. The van der Waals surface area contributed by atoms with E-state index in [0.29, 0.717) is 12.5 Å². The molecule has 3 aromatic carbocycles. The predicted molar refractivity (Wildman–Crippen MR) is 147 cm³/mol. The van der Waals surface area contributed by atoms with Gasteiger partial charge in [0.15, 0.2) is 0 Å². The van der Waals surface area contributed by atoms with Crippen molar-refractivity contribution in [1.29, 1.82) is 0 Å². The maximum absolute atomic E-state index is 15.1. The van der Waals surface area contributed by atoms with Crippen LogP contribution in [0.1, 0.15) is 87.8 Å².